The van der Waals surface area contributed by atoms with Crippen molar-refractivity contribution in [2.45, 2.75) is 38.8 Å². The van der Waals surface area contributed by atoms with Crippen LogP contribution < -0.4 is 10.6 Å². The zero-order chi connectivity index (χ0) is 13.0. The highest BCUT2D eigenvalue weighted by Crippen LogP contribution is 2.24. The Labute approximate surface area is 109 Å². The lowest BCUT2D eigenvalue weighted by atomic mass is 10.2. The Morgan fingerprint density at radius 2 is 2.39 bits per heavy atom. The molecule has 1 aliphatic heterocycles. The lowest BCUT2D eigenvalue weighted by Gasteiger charge is -2.25. The second-order valence-corrected chi connectivity index (χ2v) is 4.95. The molecule has 0 radical (unpaired) electrons. The Morgan fingerprint density at radius 1 is 1.56 bits per heavy atom. The minimum atomic E-state index is 0.452. The molecule has 0 amide bonds. The largest absolute Gasteiger partial charge is 0.385 e. The number of hydrogen-bond acceptors (Lipinski definition) is 4. The van der Waals surface area contributed by atoms with Crippen molar-refractivity contribution >= 4 is 5.95 Å². The van der Waals surface area contributed by atoms with E-state index in [1.54, 1.807) is 7.11 Å². The third-order valence-electron chi connectivity index (χ3n) is 3.53. The summed E-state index contributed by atoms with van der Waals surface area (Å²) < 4.78 is 7.35. The van der Waals surface area contributed by atoms with E-state index in [-0.39, 0.29) is 0 Å². The van der Waals surface area contributed by atoms with Crippen molar-refractivity contribution in [1.29, 1.82) is 0 Å². The number of methoxy groups -OCH3 is 1. The van der Waals surface area contributed by atoms with Crippen molar-refractivity contribution < 1.29 is 4.74 Å². The van der Waals surface area contributed by atoms with Crippen molar-refractivity contribution in [3.63, 3.8) is 0 Å². The molecular weight excluding hydrogens is 228 g/mol. The number of nitrogens with two attached hydrogens (primary N) is 1. The topological polar surface area (TPSA) is 56.3 Å². The molecule has 1 fully saturated rings. The van der Waals surface area contributed by atoms with Crippen LogP contribution in [0.5, 0.6) is 0 Å². The van der Waals surface area contributed by atoms with Gasteiger partial charge in [0, 0.05) is 45.6 Å². The van der Waals surface area contributed by atoms with E-state index in [9.17, 15) is 0 Å². The number of anilines is 1. The van der Waals surface area contributed by atoms with E-state index >= 15 is 0 Å². The van der Waals surface area contributed by atoms with Crippen molar-refractivity contribution in [2.24, 2.45) is 5.73 Å². The Bertz CT molecular complexity index is 377. The lowest BCUT2D eigenvalue weighted by molar-refractivity contribution is 0.190. The van der Waals surface area contributed by atoms with Crippen LogP contribution in [0.1, 0.15) is 25.0 Å². The normalized spacial score (nSPS) is 19.7. The Balaban J connectivity index is 2.10. The third kappa shape index (κ3) is 2.84. The van der Waals surface area contributed by atoms with E-state index < -0.39 is 0 Å². The van der Waals surface area contributed by atoms with Gasteiger partial charge in [-0.2, -0.15) is 0 Å². The fraction of sp³-hybridized carbons (Fsp3) is 0.769. The smallest absolute Gasteiger partial charge is 0.206 e. The average molecular weight is 252 g/mol. The molecule has 5 nitrogen and oxygen atoms in total. The minimum absolute atomic E-state index is 0.452. The molecule has 1 unspecified atom stereocenters. The van der Waals surface area contributed by atoms with Crippen molar-refractivity contribution in [1.82, 2.24) is 9.55 Å². The zero-order valence-electron chi connectivity index (χ0n) is 11.4. The molecule has 1 atom stereocenters. The fourth-order valence-electron chi connectivity index (χ4n) is 2.65. The molecule has 1 aliphatic rings. The van der Waals surface area contributed by atoms with E-state index in [1.165, 1.54) is 12.8 Å². The Kier molecular flexibility index (Phi) is 4.60. The van der Waals surface area contributed by atoms with Gasteiger partial charge in [-0.15, -0.1) is 0 Å². The lowest BCUT2D eigenvalue weighted by Crippen LogP contribution is -2.37. The van der Waals surface area contributed by atoms with E-state index in [0.717, 1.165) is 37.8 Å². The first kappa shape index (κ1) is 13.4. The fourth-order valence-corrected chi connectivity index (χ4v) is 2.65. The summed E-state index contributed by atoms with van der Waals surface area (Å²) in [7, 11) is 1.74. The van der Waals surface area contributed by atoms with Crippen LogP contribution in [0.3, 0.4) is 0 Å². The van der Waals surface area contributed by atoms with E-state index in [4.69, 9.17) is 10.5 Å². The molecule has 0 saturated carbocycles. The average Bonchev–Trinajstić information content (AvgIpc) is 2.95. The number of aromatic nitrogens is 2. The van der Waals surface area contributed by atoms with Crippen molar-refractivity contribution in [2.75, 3.05) is 31.7 Å². The molecule has 5 heteroatoms. The Hall–Kier alpha value is -1.07. The van der Waals surface area contributed by atoms with Gasteiger partial charge in [0.15, 0.2) is 0 Å². The summed E-state index contributed by atoms with van der Waals surface area (Å²) in [6.07, 6.45) is 5.53. The standard InChI is InChI=1S/C13H24N4O/c1-11-10-16(6-4-8-18-2)13(15-11)17-7-3-5-12(17)9-14/h10,12H,3-9,14H2,1-2H3. The summed E-state index contributed by atoms with van der Waals surface area (Å²) in [5.74, 6) is 1.08. The van der Waals surface area contributed by atoms with Gasteiger partial charge in [-0.25, -0.2) is 4.98 Å². The number of rotatable bonds is 6. The molecule has 0 aliphatic carbocycles. The van der Waals surface area contributed by atoms with Gasteiger partial charge in [-0.05, 0) is 26.2 Å². The van der Waals surface area contributed by atoms with Crippen LogP contribution >= 0.6 is 0 Å². The molecular formula is C13H24N4O. The van der Waals surface area contributed by atoms with Gasteiger partial charge in [-0.3, -0.25) is 0 Å². The zero-order valence-corrected chi connectivity index (χ0v) is 11.4. The van der Waals surface area contributed by atoms with Crippen LogP contribution in [0.25, 0.3) is 0 Å². The SMILES string of the molecule is COCCCn1cc(C)nc1N1CCCC1CN. The maximum atomic E-state index is 5.84. The number of nitrogens with zero attached hydrogens (tertiary/aromatic N) is 3. The van der Waals surface area contributed by atoms with Gasteiger partial charge in [0.1, 0.15) is 0 Å². The Morgan fingerprint density at radius 3 is 3.11 bits per heavy atom. The van der Waals surface area contributed by atoms with Crippen LogP contribution in [-0.4, -0.2) is 42.4 Å². The second kappa shape index (κ2) is 6.20. The van der Waals surface area contributed by atoms with E-state index in [1.807, 2.05) is 6.92 Å². The van der Waals surface area contributed by atoms with Crippen molar-refractivity contribution in [3.05, 3.63) is 11.9 Å². The number of aryl methyl sites for hydroxylation is 2. The van der Waals surface area contributed by atoms with E-state index in [0.29, 0.717) is 12.6 Å². The van der Waals surface area contributed by atoms with Crippen molar-refractivity contribution in [3.8, 4) is 0 Å². The van der Waals surface area contributed by atoms with Gasteiger partial charge >= 0.3 is 0 Å². The van der Waals surface area contributed by atoms with Crippen LogP contribution in [0.4, 0.5) is 5.95 Å². The predicted molar refractivity (Wildman–Crippen MR) is 72.9 cm³/mol. The highest BCUT2D eigenvalue weighted by Gasteiger charge is 2.26. The summed E-state index contributed by atoms with van der Waals surface area (Å²) >= 11 is 0. The molecule has 2 rings (SSSR count). The maximum Gasteiger partial charge on any atom is 0.206 e. The van der Waals surface area contributed by atoms with Gasteiger partial charge in [0.05, 0.1) is 5.69 Å². The first-order valence-corrected chi connectivity index (χ1v) is 6.75. The van der Waals surface area contributed by atoms with Crippen LogP contribution in [0.15, 0.2) is 6.20 Å². The highest BCUT2D eigenvalue weighted by atomic mass is 16.5. The van der Waals surface area contributed by atoms with Gasteiger partial charge in [-0.1, -0.05) is 0 Å². The minimum Gasteiger partial charge on any atom is -0.385 e. The van der Waals surface area contributed by atoms with Gasteiger partial charge < -0.3 is 19.9 Å². The monoisotopic (exact) mass is 252 g/mol. The molecule has 18 heavy (non-hydrogen) atoms. The van der Waals surface area contributed by atoms with Gasteiger partial charge in [0.2, 0.25) is 5.95 Å². The number of imidazole rings is 1. The van der Waals surface area contributed by atoms with Crippen LogP contribution in [0, 0.1) is 6.92 Å². The predicted octanol–water partition coefficient (Wildman–Crippen LogP) is 1.16. The maximum absolute atomic E-state index is 5.84. The molecule has 0 bridgehead atoms. The summed E-state index contributed by atoms with van der Waals surface area (Å²) in [4.78, 5) is 7.02. The summed E-state index contributed by atoms with van der Waals surface area (Å²) in [6.45, 7) is 5.57. The quantitative estimate of drug-likeness (QED) is 0.772. The number of ether oxygens (including phenoxy) is 1. The summed E-state index contributed by atoms with van der Waals surface area (Å²) in [5.41, 5.74) is 6.92. The molecule has 1 aromatic rings. The van der Waals surface area contributed by atoms with Crippen LogP contribution in [0.2, 0.25) is 0 Å². The molecule has 102 valence electrons. The van der Waals surface area contributed by atoms with E-state index in [2.05, 4.69) is 20.6 Å². The highest BCUT2D eigenvalue weighted by molar-refractivity contribution is 5.36. The molecule has 0 aromatic carbocycles. The molecule has 0 spiro atoms. The molecule has 2 heterocycles. The third-order valence-corrected chi connectivity index (χ3v) is 3.53. The number of hydrogen-bond donors (Lipinski definition) is 1. The first-order chi connectivity index (χ1) is 8.76. The van der Waals surface area contributed by atoms with Crippen LogP contribution in [-0.2, 0) is 11.3 Å². The molecule has 2 N–H and O–H groups in total. The van der Waals surface area contributed by atoms with Gasteiger partial charge in [0.25, 0.3) is 0 Å². The summed E-state index contributed by atoms with van der Waals surface area (Å²) in [6, 6.07) is 0.452. The molecule has 1 saturated heterocycles. The summed E-state index contributed by atoms with van der Waals surface area (Å²) in [5, 5.41) is 0. The first-order valence-electron chi connectivity index (χ1n) is 6.75. The second-order valence-electron chi connectivity index (χ2n) is 4.95. The molecule has 1 aromatic heterocycles.